The van der Waals surface area contributed by atoms with E-state index < -0.39 is 0 Å². The van der Waals surface area contributed by atoms with Crippen LogP contribution in [0, 0.1) is 0 Å². The minimum Gasteiger partial charge on any atom is -0.0870 e. The highest BCUT2D eigenvalue weighted by Crippen LogP contribution is 2.22. The number of hydrogen-bond acceptors (Lipinski definition) is 0. The highest BCUT2D eigenvalue weighted by Gasteiger charge is 2.02. The third kappa shape index (κ3) is 3.59. The van der Waals surface area contributed by atoms with Gasteiger partial charge in [0.25, 0.3) is 0 Å². The van der Waals surface area contributed by atoms with Crippen LogP contribution in [-0.4, -0.2) is 0 Å². The van der Waals surface area contributed by atoms with Gasteiger partial charge in [-0.3, -0.25) is 0 Å². The van der Waals surface area contributed by atoms with Gasteiger partial charge in [-0.1, -0.05) is 48.6 Å². The van der Waals surface area contributed by atoms with Crippen LogP contribution in [0.3, 0.4) is 0 Å². The molecule has 0 aliphatic carbocycles. The molecule has 1 aromatic carbocycles. The van der Waals surface area contributed by atoms with Gasteiger partial charge in [0.2, 0.25) is 0 Å². The minimum absolute atomic E-state index is 1.26. The zero-order chi connectivity index (χ0) is 13.4. The molecule has 0 spiro atoms. The van der Waals surface area contributed by atoms with E-state index in [4.69, 9.17) is 0 Å². The number of rotatable bonds is 4. The molecule has 0 aromatic heterocycles. The monoisotopic (exact) mass is 238 g/mol. The van der Waals surface area contributed by atoms with E-state index in [9.17, 15) is 0 Å². The van der Waals surface area contributed by atoms with Crippen LogP contribution in [-0.2, 0) is 0 Å². The van der Waals surface area contributed by atoms with Crippen LogP contribution in [0.15, 0.2) is 36.4 Å². The summed E-state index contributed by atoms with van der Waals surface area (Å²) in [6.07, 6.45) is 16.9. The average molecular weight is 238 g/mol. The largest absolute Gasteiger partial charge is 0.0870 e. The van der Waals surface area contributed by atoms with Crippen molar-refractivity contribution in [1.82, 2.24) is 0 Å². The highest BCUT2D eigenvalue weighted by atomic mass is 14.1. The summed E-state index contributed by atoms with van der Waals surface area (Å²) in [4.78, 5) is 0. The fourth-order valence-electron chi connectivity index (χ4n) is 1.96. The smallest absolute Gasteiger partial charge is 0.0181 e. The second kappa shape index (κ2) is 7.50. The predicted octanol–water partition coefficient (Wildman–Crippen LogP) is 5.82. The van der Waals surface area contributed by atoms with E-state index in [0.717, 1.165) is 0 Å². The predicted molar refractivity (Wildman–Crippen MR) is 85.3 cm³/mol. The zero-order valence-electron chi connectivity index (χ0n) is 11.8. The summed E-state index contributed by atoms with van der Waals surface area (Å²) in [7, 11) is 0. The Morgan fingerprint density at radius 2 is 0.722 bits per heavy atom. The van der Waals surface area contributed by atoms with E-state index in [2.05, 4.69) is 88.4 Å². The summed E-state index contributed by atoms with van der Waals surface area (Å²) in [6.45, 7) is 8.20. The number of hydrogen-bond donors (Lipinski definition) is 0. The van der Waals surface area contributed by atoms with Crippen LogP contribution in [0.1, 0.15) is 49.9 Å². The minimum atomic E-state index is 1.26. The molecule has 0 saturated heterocycles. The first-order valence-electron chi connectivity index (χ1n) is 6.45. The Labute approximate surface area is 111 Å². The fraction of sp³-hybridized carbons (Fsp3) is 0.222. The molecule has 94 valence electrons. The molecule has 0 aliphatic rings. The summed E-state index contributed by atoms with van der Waals surface area (Å²) in [5.41, 5.74) is 5.04. The van der Waals surface area contributed by atoms with Crippen molar-refractivity contribution in [2.75, 3.05) is 0 Å². The standard InChI is InChI=1S/C18H22/c1-5-9-15-13-17(11-7-3)18(12-8-4)14-16(15)10-6-2/h5-14H,1-4H3/b9-5+,10-6+,11-7+,12-8+. The van der Waals surface area contributed by atoms with Crippen molar-refractivity contribution in [3.8, 4) is 0 Å². The second-order valence-electron chi connectivity index (χ2n) is 4.11. The maximum absolute atomic E-state index is 2.24. The van der Waals surface area contributed by atoms with Gasteiger partial charge in [-0.05, 0) is 62.1 Å². The molecule has 18 heavy (non-hydrogen) atoms. The lowest BCUT2D eigenvalue weighted by atomic mass is 9.97. The maximum Gasteiger partial charge on any atom is -0.0181 e. The number of allylic oxidation sites excluding steroid dienone is 4. The molecular formula is C18H22. The molecule has 0 bridgehead atoms. The first kappa shape index (κ1) is 14.2. The first-order valence-corrected chi connectivity index (χ1v) is 6.45. The molecule has 0 N–H and O–H groups in total. The average Bonchev–Trinajstić information content (AvgIpc) is 2.35. The van der Waals surface area contributed by atoms with Crippen molar-refractivity contribution in [3.63, 3.8) is 0 Å². The maximum atomic E-state index is 2.24. The molecule has 0 unspecified atom stereocenters. The molecule has 0 atom stereocenters. The molecule has 1 aromatic rings. The van der Waals surface area contributed by atoms with Crippen molar-refractivity contribution in [3.05, 3.63) is 58.7 Å². The lowest BCUT2D eigenvalue weighted by molar-refractivity contribution is 1.52. The fourth-order valence-corrected chi connectivity index (χ4v) is 1.96. The quantitative estimate of drug-likeness (QED) is 0.620. The topological polar surface area (TPSA) is 0 Å². The normalized spacial score (nSPS) is 12.7. The molecule has 0 aliphatic heterocycles. The number of benzene rings is 1. The second-order valence-corrected chi connectivity index (χ2v) is 4.11. The molecule has 0 amide bonds. The van der Waals surface area contributed by atoms with E-state index in [1.165, 1.54) is 22.3 Å². The van der Waals surface area contributed by atoms with Crippen molar-refractivity contribution < 1.29 is 0 Å². The van der Waals surface area contributed by atoms with Crippen molar-refractivity contribution in [1.29, 1.82) is 0 Å². The van der Waals surface area contributed by atoms with E-state index >= 15 is 0 Å². The van der Waals surface area contributed by atoms with Crippen LogP contribution < -0.4 is 0 Å². The lowest BCUT2D eigenvalue weighted by Crippen LogP contribution is -1.88. The van der Waals surface area contributed by atoms with Crippen LogP contribution >= 0.6 is 0 Å². The van der Waals surface area contributed by atoms with Gasteiger partial charge in [0, 0.05) is 0 Å². The van der Waals surface area contributed by atoms with E-state index in [1.807, 2.05) is 0 Å². The van der Waals surface area contributed by atoms with Crippen molar-refractivity contribution in [2.24, 2.45) is 0 Å². The van der Waals surface area contributed by atoms with Crippen LogP contribution in [0.2, 0.25) is 0 Å². The molecule has 0 heteroatoms. The summed E-state index contributed by atoms with van der Waals surface area (Å²) in [5.74, 6) is 0. The SMILES string of the molecule is C/C=C/c1cc(/C=C/C)c(/C=C/C)cc1/C=C/C. The molecule has 0 saturated carbocycles. The lowest BCUT2D eigenvalue weighted by Gasteiger charge is -2.08. The molecule has 0 fully saturated rings. The van der Waals surface area contributed by atoms with Gasteiger partial charge in [0.15, 0.2) is 0 Å². The van der Waals surface area contributed by atoms with E-state index in [-0.39, 0.29) is 0 Å². The van der Waals surface area contributed by atoms with Gasteiger partial charge in [0.05, 0.1) is 0 Å². The molecule has 0 heterocycles. The van der Waals surface area contributed by atoms with Crippen molar-refractivity contribution >= 4 is 24.3 Å². The van der Waals surface area contributed by atoms with Gasteiger partial charge in [0.1, 0.15) is 0 Å². The van der Waals surface area contributed by atoms with Gasteiger partial charge < -0.3 is 0 Å². The Hall–Kier alpha value is -1.82. The summed E-state index contributed by atoms with van der Waals surface area (Å²) < 4.78 is 0. The zero-order valence-corrected chi connectivity index (χ0v) is 11.8. The van der Waals surface area contributed by atoms with E-state index in [1.54, 1.807) is 0 Å². The van der Waals surface area contributed by atoms with Gasteiger partial charge in [-0.15, -0.1) is 0 Å². The van der Waals surface area contributed by atoms with Crippen LogP contribution in [0.25, 0.3) is 24.3 Å². The molecular weight excluding hydrogens is 216 g/mol. The third-order valence-corrected chi connectivity index (χ3v) is 2.67. The van der Waals surface area contributed by atoms with Gasteiger partial charge in [-0.25, -0.2) is 0 Å². The molecule has 0 nitrogen and oxygen atoms in total. The molecule has 1 rings (SSSR count). The van der Waals surface area contributed by atoms with Crippen LogP contribution in [0.4, 0.5) is 0 Å². The summed E-state index contributed by atoms with van der Waals surface area (Å²) >= 11 is 0. The third-order valence-electron chi connectivity index (χ3n) is 2.67. The Morgan fingerprint density at radius 1 is 0.500 bits per heavy atom. The Bertz CT molecular complexity index is 407. The molecule has 0 radical (unpaired) electrons. The van der Waals surface area contributed by atoms with Gasteiger partial charge in [-0.2, -0.15) is 0 Å². The first-order chi connectivity index (χ1) is 8.76. The Balaban J connectivity index is 3.48. The van der Waals surface area contributed by atoms with Crippen molar-refractivity contribution in [2.45, 2.75) is 27.7 Å². The summed E-state index contributed by atoms with van der Waals surface area (Å²) in [6, 6.07) is 4.48. The van der Waals surface area contributed by atoms with E-state index in [0.29, 0.717) is 0 Å². The summed E-state index contributed by atoms with van der Waals surface area (Å²) in [5, 5.41) is 0. The Morgan fingerprint density at radius 3 is 0.889 bits per heavy atom. The highest BCUT2D eigenvalue weighted by molar-refractivity contribution is 5.75. The van der Waals surface area contributed by atoms with Gasteiger partial charge >= 0.3 is 0 Å². The Kier molecular flexibility index (Phi) is 5.93. The van der Waals surface area contributed by atoms with Crippen LogP contribution in [0.5, 0.6) is 0 Å².